The lowest BCUT2D eigenvalue weighted by Gasteiger charge is -2.33. The summed E-state index contributed by atoms with van der Waals surface area (Å²) in [5.74, 6) is 12.2. The molecule has 6 aromatic rings. The number of hydrogen-bond donors (Lipinski definition) is 6. The van der Waals surface area contributed by atoms with Crippen molar-refractivity contribution >= 4 is 47.5 Å². The number of primary amides is 1. The normalized spacial score (nSPS) is 14.2. The molecule has 22 heteroatoms. The Kier molecular flexibility index (Phi) is 17.1. The number of amides is 5. The standard InChI is InChI=1S/C27H33N7O4.C27H32N6O5/c1-27(2,3)38-26(37)33-14-11-17(12-15-33)16-21-32-22(23(24(28)35)34(21)29)18-7-9-19(10-8-18)25(36)31-20-6-4-5-13-30-20;1-27(2,3)38-26(37)32-14-11-17(12-15-32)16-21-31-22(23(25(35)36)33(21)28)18-7-9-19(10-8-18)24(34)30-20-6-4-5-13-29-20/h4-10,13,17H,11-12,14-16,29H2,1-3H3,(H2,28,35)(H,30,31,36);4-10,13,17H,11-12,14-16,28H2,1-3H3,(H,35,36)(H,29,30,34). The van der Waals surface area contributed by atoms with Gasteiger partial charge in [0.1, 0.15) is 45.9 Å². The Balaban J connectivity index is 0.000000221. The third-order valence-electron chi connectivity index (χ3n) is 12.5. The van der Waals surface area contributed by atoms with Crippen molar-refractivity contribution in [3.05, 3.63) is 131 Å². The number of hydrogen-bond acceptors (Lipinski definition) is 14. The van der Waals surface area contributed by atoms with Crippen molar-refractivity contribution < 1.29 is 43.3 Å². The maximum absolute atomic E-state index is 12.6. The van der Waals surface area contributed by atoms with Gasteiger partial charge in [0.15, 0.2) is 11.4 Å². The van der Waals surface area contributed by atoms with E-state index in [2.05, 4.69) is 30.6 Å². The Morgan fingerprint density at radius 3 is 1.28 bits per heavy atom. The molecule has 5 amide bonds. The van der Waals surface area contributed by atoms with Gasteiger partial charge >= 0.3 is 18.2 Å². The molecule has 2 fully saturated rings. The highest BCUT2D eigenvalue weighted by Crippen LogP contribution is 2.30. The Bertz CT molecular complexity index is 2820. The van der Waals surface area contributed by atoms with Crippen LogP contribution in [0.1, 0.15) is 121 Å². The van der Waals surface area contributed by atoms with Crippen LogP contribution in [0, 0.1) is 11.8 Å². The van der Waals surface area contributed by atoms with Crippen LogP contribution in [0.3, 0.4) is 0 Å². The van der Waals surface area contributed by atoms with Crippen LogP contribution in [0.15, 0.2) is 97.3 Å². The van der Waals surface area contributed by atoms with Crippen LogP contribution in [-0.4, -0.2) is 117 Å². The summed E-state index contributed by atoms with van der Waals surface area (Å²) in [6.45, 7) is 13.3. The number of rotatable bonds is 12. The molecule has 0 atom stereocenters. The molecule has 0 bridgehead atoms. The summed E-state index contributed by atoms with van der Waals surface area (Å²) in [6.07, 6.45) is 6.50. The van der Waals surface area contributed by atoms with Crippen molar-refractivity contribution in [2.75, 3.05) is 48.5 Å². The molecule has 0 radical (unpaired) electrons. The van der Waals surface area contributed by atoms with Gasteiger partial charge in [-0.2, -0.15) is 0 Å². The third kappa shape index (κ3) is 14.3. The molecule has 0 saturated carbocycles. The van der Waals surface area contributed by atoms with E-state index in [4.69, 9.17) is 26.9 Å². The summed E-state index contributed by atoms with van der Waals surface area (Å²) in [6, 6.07) is 23.6. The zero-order valence-corrected chi connectivity index (χ0v) is 43.5. The second kappa shape index (κ2) is 23.6. The number of pyridine rings is 2. The van der Waals surface area contributed by atoms with Crippen molar-refractivity contribution in [2.45, 2.75) is 91.3 Å². The lowest BCUT2D eigenvalue weighted by molar-refractivity contribution is 0.0173. The van der Waals surface area contributed by atoms with Gasteiger partial charge in [-0.25, -0.2) is 43.7 Å². The number of nitrogens with one attached hydrogen (secondary N) is 2. The van der Waals surface area contributed by atoms with Gasteiger partial charge < -0.3 is 52.4 Å². The third-order valence-corrected chi connectivity index (χ3v) is 12.5. The molecule has 22 nitrogen and oxygen atoms in total. The highest BCUT2D eigenvalue weighted by Gasteiger charge is 2.32. The second-order valence-electron chi connectivity index (χ2n) is 20.6. The quantitative estimate of drug-likeness (QED) is 0.0672. The molecule has 2 aliphatic rings. The molecule has 0 aliphatic carbocycles. The smallest absolute Gasteiger partial charge is 0.410 e. The maximum atomic E-state index is 12.6. The zero-order valence-electron chi connectivity index (χ0n) is 43.5. The number of nitrogens with two attached hydrogens (primary N) is 3. The molecule has 2 saturated heterocycles. The van der Waals surface area contributed by atoms with Crippen LogP contribution in [0.25, 0.3) is 22.5 Å². The highest BCUT2D eigenvalue weighted by atomic mass is 16.6. The number of carboxylic acids is 1. The van der Waals surface area contributed by atoms with E-state index in [1.165, 1.54) is 4.68 Å². The van der Waals surface area contributed by atoms with E-state index in [1.54, 1.807) is 107 Å². The molecular weight excluding hydrogens is 975 g/mol. The minimum absolute atomic E-state index is 0.0943. The Morgan fingerprint density at radius 2 is 0.947 bits per heavy atom. The largest absolute Gasteiger partial charge is 0.476 e. The monoisotopic (exact) mass is 1040 g/mol. The number of nitrogens with zero attached hydrogens (tertiary/aromatic N) is 8. The minimum Gasteiger partial charge on any atom is -0.476 e. The van der Waals surface area contributed by atoms with Gasteiger partial charge in [0, 0.05) is 73.7 Å². The maximum Gasteiger partial charge on any atom is 0.410 e. The van der Waals surface area contributed by atoms with Gasteiger partial charge in [0.05, 0.1) is 0 Å². The fourth-order valence-electron chi connectivity index (χ4n) is 8.71. The average Bonchev–Trinajstić information content (AvgIpc) is 3.89. The predicted molar refractivity (Wildman–Crippen MR) is 284 cm³/mol. The number of carbonyl (C=O) groups excluding carboxylic acids is 5. The van der Waals surface area contributed by atoms with E-state index in [0.717, 1.165) is 30.4 Å². The minimum atomic E-state index is -1.20. The van der Waals surface area contributed by atoms with E-state index in [1.807, 2.05) is 41.5 Å². The predicted octanol–water partition coefficient (Wildman–Crippen LogP) is 7.00. The number of aromatic carboxylic acids is 1. The molecule has 8 rings (SSSR count). The summed E-state index contributed by atoms with van der Waals surface area (Å²) < 4.78 is 13.3. The fourth-order valence-corrected chi connectivity index (χ4v) is 8.71. The van der Waals surface area contributed by atoms with Gasteiger partial charge in [-0.05, 0) is 128 Å². The van der Waals surface area contributed by atoms with Crippen molar-refractivity contribution in [3.8, 4) is 22.5 Å². The van der Waals surface area contributed by atoms with Gasteiger partial charge in [0.2, 0.25) is 0 Å². The fraction of sp³-hybridized carbons (Fsp3) is 0.370. The van der Waals surface area contributed by atoms with Crippen molar-refractivity contribution in [1.29, 1.82) is 0 Å². The first-order valence-corrected chi connectivity index (χ1v) is 24.9. The van der Waals surface area contributed by atoms with Crippen LogP contribution in [0.5, 0.6) is 0 Å². The topological polar surface area (TPSA) is 311 Å². The first-order chi connectivity index (χ1) is 36.0. The summed E-state index contributed by atoms with van der Waals surface area (Å²) in [7, 11) is 0. The number of piperidine rings is 2. The van der Waals surface area contributed by atoms with Gasteiger partial charge in [-0.15, -0.1) is 0 Å². The van der Waals surface area contributed by atoms with Crippen LogP contribution >= 0.6 is 0 Å². The number of carbonyl (C=O) groups is 6. The number of anilines is 2. The zero-order chi connectivity index (χ0) is 54.9. The average molecular weight is 1040 g/mol. The van der Waals surface area contributed by atoms with E-state index >= 15 is 0 Å². The highest BCUT2D eigenvalue weighted by molar-refractivity contribution is 6.05. The summed E-state index contributed by atoms with van der Waals surface area (Å²) in [5.41, 5.74) is 7.07. The summed E-state index contributed by atoms with van der Waals surface area (Å²) >= 11 is 0. The van der Waals surface area contributed by atoms with Gasteiger partial charge in [-0.1, -0.05) is 36.4 Å². The van der Waals surface area contributed by atoms with Crippen LogP contribution in [0.4, 0.5) is 21.2 Å². The number of likely N-dealkylation sites (tertiary alicyclic amines) is 2. The molecule has 4 aromatic heterocycles. The Hall–Kier alpha value is -8.82. The van der Waals surface area contributed by atoms with Crippen molar-refractivity contribution in [1.82, 2.24) is 39.1 Å². The molecule has 2 aliphatic heterocycles. The van der Waals surface area contributed by atoms with Gasteiger partial charge in [-0.3, -0.25) is 14.4 Å². The molecule has 76 heavy (non-hydrogen) atoms. The summed E-state index contributed by atoms with van der Waals surface area (Å²) in [4.78, 5) is 94.9. The number of imidazole rings is 2. The van der Waals surface area contributed by atoms with E-state index in [0.29, 0.717) is 90.3 Å². The first-order valence-electron chi connectivity index (χ1n) is 24.9. The summed E-state index contributed by atoms with van der Waals surface area (Å²) in [5, 5.41) is 15.3. The number of carboxylic acid groups (broad SMARTS) is 1. The molecule has 9 N–H and O–H groups in total. The van der Waals surface area contributed by atoms with Crippen LogP contribution in [0.2, 0.25) is 0 Å². The lowest BCUT2D eigenvalue weighted by Crippen LogP contribution is -2.42. The van der Waals surface area contributed by atoms with E-state index in [9.17, 15) is 33.9 Å². The molecule has 6 heterocycles. The van der Waals surface area contributed by atoms with Gasteiger partial charge in [0.25, 0.3) is 17.7 Å². The Morgan fingerprint density at radius 1 is 0.579 bits per heavy atom. The molecule has 0 spiro atoms. The molecular formula is C54H65N13O9. The molecule has 2 aromatic carbocycles. The van der Waals surface area contributed by atoms with Crippen LogP contribution < -0.4 is 28.1 Å². The number of aromatic nitrogens is 6. The number of nitrogen functional groups attached to an aromatic ring is 2. The van der Waals surface area contributed by atoms with Crippen LogP contribution in [-0.2, 0) is 22.3 Å². The Labute approximate surface area is 439 Å². The molecule has 400 valence electrons. The molecule has 0 unspecified atom stereocenters. The second-order valence-corrected chi connectivity index (χ2v) is 20.6. The lowest BCUT2D eigenvalue weighted by atomic mass is 9.93. The van der Waals surface area contributed by atoms with Crippen molar-refractivity contribution in [2.24, 2.45) is 17.6 Å². The number of ether oxygens (including phenoxy) is 2. The number of benzene rings is 2. The van der Waals surface area contributed by atoms with E-state index in [-0.39, 0.29) is 52.9 Å². The van der Waals surface area contributed by atoms with Crippen molar-refractivity contribution in [3.63, 3.8) is 0 Å². The van der Waals surface area contributed by atoms with E-state index < -0.39 is 23.1 Å². The SMILES string of the molecule is CC(C)(C)OC(=O)N1CCC(Cc2nc(-c3ccc(C(=O)Nc4ccccn4)cc3)c(C(=O)O)n2N)CC1.CC(C)(C)OC(=O)N1CCC(Cc2nc(-c3ccc(C(=O)Nc4ccccn4)cc3)c(C(N)=O)n2N)CC1. The first kappa shape index (κ1) is 54.9.